The summed E-state index contributed by atoms with van der Waals surface area (Å²) in [6.07, 6.45) is 8.40. The molecule has 2 unspecified atom stereocenters. The smallest absolute Gasteiger partial charge is 0.225 e. The van der Waals surface area contributed by atoms with Gasteiger partial charge in [0.15, 0.2) is 5.82 Å². The zero-order chi connectivity index (χ0) is 17.2. The van der Waals surface area contributed by atoms with Gasteiger partial charge in [-0.25, -0.2) is 0 Å². The second-order valence-corrected chi connectivity index (χ2v) is 7.94. The second-order valence-electron chi connectivity index (χ2n) is 7.94. The van der Waals surface area contributed by atoms with Gasteiger partial charge in [-0.1, -0.05) is 6.42 Å². The molecule has 0 aromatic carbocycles. The fourth-order valence-corrected chi connectivity index (χ4v) is 5.08. The number of rotatable bonds is 2. The van der Waals surface area contributed by atoms with Crippen LogP contribution in [0.1, 0.15) is 38.5 Å². The van der Waals surface area contributed by atoms with E-state index < -0.39 is 0 Å². The first-order chi connectivity index (χ1) is 12.2. The van der Waals surface area contributed by atoms with Gasteiger partial charge >= 0.3 is 0 Å². The van der Waals surface area contributed by atoms with Crippen LogP contribution in [0.2, 0.25) is 0 Å². The first-order valence-electron chi connectivity index (χ1n) is 9.79. The Hall–Kier alpha value is -1.40. The fourth-order valence-electron chi connectivity index (χ4n) is 5.08. The van der Waals surface area contributed by atoms with E-state index in [1.807, 2.05) is 12.1 Å². The van der Waals surface area contributed by atoms with Gasteiger partial charge in [0.05, 0.1) is 0 Å². The molecule has 1 saturated heterocycles. The highest BCUT2D eigenvalue weighted by atomic mass is 35.5. The number of hydrogen-bond acceptors (Lipinski definition) is 5. The maximum atomic E-state index is 13.1. The Bertz CT molecular complexity index is 587. The number of hydrogen-bond donors (Lipinski definition) is 1. The van der Waals surface area contributed by atoms with Gasteiger partial charge in [-0.2, -0.15) is 5.10 Å². The molecule has 3 fully saturated rings. The van der Waals surface area contributed by atoms with Crippen LogP contribution in [0.3, 0.4) is 0 Å². The van der Waals surface area contributed by atoms with E-state index in [9.17, 15) is 4.79 Å². The minimum atomic E-state index is 0. The lowest BCUT2D eigenvalue weighted by Crippen LogP contribution is -2.50. The van der Waals surface area contributed by atoms with Crippen molar-refractivity contribution < 1.29 is 4.79 Å². The molecule has 2 saturated carbocycles. The normalized spacial score (nSPS) is 31.7. The molecule has 1 aromatic rings. The second kappa shape index (κ2) is 8.53. The van der Waals surface area contributed by atoms with Gasteiger partial charge in [0, 0.05) is 44.3 Å². The molecule has 7 heteroatoms. The molecule has 0 spiro atoms. The number of carbonyl (C=O) groups is 1. The van der Waals surface area contributed by atoms with Crippen LogP contribution < -0.4 is 10.6 Å². The van der Waals surface area contributed by atoms with E-state index in [1.165, 1.54) is 19.3 Å². The van der Waals surface area contributed by atoms with Crippen LogP contribution in [0.4, 0.5) is 5.82 Å². The third-order valence-corrected chi connectivity index (χ3v) is 6.45. The first kappa shape index (κ1) is 19.4. The molecule has 2 heterocycles. The van der Waals surface area contributed by atoms with Crippen molar-refractivity contribution in [3.05, 3.63) is 18.3 Å². The van der Waals surface area contributed by atoms with Crippen LogP contribution in [0.15, 0.2) is 18.3 Å². The summed E-state index contributed by atoms with van der Waals surface area (Å²) in [5, 5.41) is 8.18. The summed E-state index contributed by atoms with van der Waals surface area (Å²) >= 11 is 0. The molecule has 1 aliphatic heterocycles. The predicted molar refractivity (Wildman–Crippen MR) is 104 cm³/mol. The van der Waals surface area contributed by atoms with Crippen molar-refractivity contribution >= 4 is 24.1 Å². The number of aromatic nitrogens is 2. The lowest BCUT2D eigenvalue weighted by molar-refractivity contribution is -0.138. The molecular weight excluding hydrogens is 350 g/mol. The van der Waals surface area contributed by atoms with Crippen molar-refractivity contribution in [3.8, 4) is 0 Å². The third kappa shape index (κ3) is 3.96. The van der Waals surface area contributed by atoms with Crippen LogP contribution in [0, 0.1) is 17.8 Å². The highest BCUT2D eigenvalue weighted by Gasteiger charge is 2.41. The highest BCUT2D eigenvalue weighted by Crippen LogP contribution is 2.42. The Kier molecular flexibility index (Phi) is 6.35. The van der Waals surface area contributed by atoms with E-state index in [4.69, 9.17) is 5.73 Å². The molecule has 6 nitrogen and oxygen atoms in total. The van der Waals surface area contributed by atoms with Crippen molar-refractivity contribution in [2.24, 2.45) is 23.5 Å². The summed E-state index contributed by atoms with van der Waals surface area (Å²) < 4.78 is 0. The van der Waals surface area contributed by atoms with E-state index in [2.05, 4.69) is 20.0 Å². The third-order valence-electron chi connectivity index (χ3n) is 6.45. The van der Waals surface area contributed by atoms with Crippen molar-refractivity contribution in [2.45, 2.75) is 44.6 Å². The summed E-state index contributed by atoms with van der Waals surface area (Å²) in [5.74, 6) is 2.59. The molecule has 26 heavy (non-hydrogen) atoms. The fraction of sp³-hybridized carbons (Fsp3) is 0.737. The quantitative estimate of drug-likeness (QED) is 0.851. The van der Waals surface area contributed by atoms with Crippen molar-refractivity contribution in [3.63, 3.8) is 0 Å². The van der Waals surface area contributed by atoms with Gasteiger partial charge < -0.3 is 15.5 Å². The van der Waals surface area contributed by atoms with Crippen LogP contribution >= 0.6 is 12.4 Å². The van der Waals surface area contributed by atoms with E-state index in [-0.39, 0.29) is 18.3 Å². The lowest BCUT2D eigenvalue weighted by Gasteiger charge is -2.44. The average molecular weight is 380 g/mol. The summed E-state index contributed by atoms with van der Waals surface area (Å²) in [7, 11) is 0. The summed E-state index contributed by atoms with van der Waals surface area (Å²) in [6, 6.07) is 4.24. The minimum Gasteiger partial charge on any atom is -0.353 e. The highest BCUT2D eigenvalue weighted by molar-refractivity contribution is 5.85. The molecule has 1 amide bonds. The summed E-state index contributed by atoms with van der Waals surface area (Å²) in [5.41, 5.74) is 6.39. The maximum Gasteiger partial charge on any atom is 0.225 e. The van der Waals surface area contributed by atoms with E-state index in [1.54, 1.807) is 6.20 Å². The number of halogens is 1. The average Bonchev–Trinajstić information content (AvgIpc) is 2.88. The Balaban J connectivity index is 0.00000196. The Morgan fingerprint density at radius 1 is 1.08 bits per heavy atom. The number of anilines is 1. The van der Waals surface area contributed by atoms with E-state index >= 15 is 0 Å². The number of nitrogens with two attached hydrogens (primary N) is 1. The van der Waals surface area contributed by atoms with Gasteiger partial charge in [-0.05, 0) is 56.1 Å². The van der Waals surface area contributed by atoms with Crippen molar-refractivity contribution in [1.29, 1.82) is 0 Å². The molecule has 4 rings (SSSR count). The zero-order valence-corrected chi connectivity index (χ0v) is 16.1. The SMILES string of the molecule is Cl.NC1C2CCCC1CC(C(=O)N1CCCN(c3cccnn3)CC1)C2. The number of carbonyl (C=O) groups excluding carboxylic acids is 1. The molecule has 2 bridgehead atoms. The molecule has 1 aromatic heterocycles. The first-order valence-corrected chi connectivity index (χ1v) is 9.79. The molecule has 144 valence electrons. The Labute approximate surface area is 161 Å². The van der Waals surface area contributed by atoms with Gasteiger partial charge in [0.25, 0.3) is 0 Å². The number of amides is 1. The largest absolute Gasteiger partial charge is 0.353 e. The van der Waals surface area contributed by atoms with Crippen LogP contribution in [-0.2, 0) is 4.79 Å². The monoisotopic (exact) mass is 379 g/mol. The van der Waals surface area contributed by atoms with Gasteiger partial charge in [0.2, 0.25) is 5.91 Å². The van der Waals surface area contributed by atoms with Crippen LogP contribution in [-0.4, -0.2) is 53.2 Å². The molecule has 0 radical (unpaired) electrons. The number of nitrogens with zero attached hydrogens (tertiary/aromatic N) is 4. The summed E-state index contributed by atoms with van der Waals surface area (Å²) in [6.45, 7) is 3.41. The molecule has 2 aliphatic carbocycles. The van der Waals surface area contributed by atoms with E-state index in [0.29, 0.717) is 23.8 Å². The lowest BCUT2D eigenvalue weighted by atomic mass is 9.65. The zero-order valence-electron chi connectivity index (χ0n) is 15.3. The van der Waals surface area contributed by atoms with Crippen molar-refractivity contribution in [2.75, 3.05) is 31.1 Å². The van der Waals surface area contributed by atoms with Crippen molar-refractivity contribution in [1.82, 2.24) is 15.1 Å². The standard InChI is InChI=1S/C19H29N5O.ClH/c20-18-14-4-1-5-15(18)13-16(12-14)19(25)24-9-3-8-23(10-11-24)17-6-2-7-21-22-17;/h2,6-7,14-16,18H,1,3-5,8-13,20H2;1H. The Morgan fingerprint density at radius 2 is 1.85 bits per heavy atom. The number of fused-ring (bicyclic) bond motifs is 2. The minimum absolute atomic E-state index is 0. The molecule has 3 aliphatic rings. The Morgan fingerprint density at radius 3 is 2.54 bits per heavy atom. The van der Waals surface area contributed by atoms with Crippen LogP contribution in [0.5, 0.6) is 0 Å². The topological polar surface area (TPSA) is 75.4 Å². The predicted octanol–water partition coefficient (Wildman–Crippen LogP) is 2.09. The maximum absolute atomic E-state index is 13.1. The van der Waals surface area contributed by atoms with Crippen LogP contribution in [0.25, 0.3) is 0 Å². The van der Waals surface area contributed by atoms with Gasteiger partial charge in [-0.3, -0.25) is 4.79 Å². The summed E-state index contributed by atoms with van der Waals surface area (Å²) in [4.78, 5) is 17.5. The molecule has 2 N–H and O–H groups in total. The molecule has 2 atom stereocenters. The van der Waals surface area contributed by atoms with E-state index in [0.717, 1.165) is 51.3 Å². The van der Waals surface area contributed by atoms with Gasteiger partial charge in [-0.15, -0.1) is 17.5 Å². The van der Waals surface area contributed by atoms with Gasteiger partial charge in [0.1, 0.15) is 0 Å². The molecular formula is C19H30ClN5O.